The van der Waals surface area contributed by atoms with Crippen LogP contribution in [0.1, 0.15) is 26.3 Å². The molecular formula is C17H15NO4. The summed E-state index contributed by atoms with van der Waals surface area (Å²) >= 11 is 0. The number of hydrogen-bond donors (Lipinski definition) is 0. The van der Waals surface area contributed by atoms with Gasteiger partial charge in [-0.3, -0.25) is 4.99 Å². The van der Waals surface area contributed by atoms with E-state index in [0.29, 0.717) is 5.56 Å². The lowest BCUT2D eigenvalue weighted by molar-refractivity contribution is 0.0599. The van der Waals surface area contributed by atoms with Crippen molar-refractivity contribution in [2.45, 2.75) is 0 Å². The van der Waals surface area contributed by atoms with Crippen molar-refractivity contribution in [1.82, 2.24) is 0 Å². The molecule has 5 heteroatoms. The van der Waals surface area contributed by atoms with Gasteiger partial charge in [0.05, 0.1) is 31.0 Å². The molecule has 0 bridgehead atoms. The molecule has 0 fully saturated rings. The Labute approximate surface area is 128 Å². The highest BCUT2D eigenvalue weighted by molar-refractivity contribution is 6.02. The second-order valence-electron chi connectivity index (χ2n) is 4.38. The predicted octanol–water partition coefficient (Wildman–Crippen LogP) is 3.01. The standard InChI is InChI=1S/C17H15NO4/c1-21-16(19)12-8-9-13(15(10-12)17(20)22-2)11-18-14-6-4-3-5-7-14/h3-11H,1-2H3. The number of benzene rings is 2. The smallest absolute Gasteiger partial charge is 0.338 e. The molecule has 0 N–H and O–H groups in total. The third kappa shape index (κ3) is 3.58. The van der Waals surface area contributed by atoms with Crippen LogP contribution in [0, 0.1) is 0 Å². The summed E-state index contributed by atoms with van der Waals surface area (Å²) in [6, 6.07) is 14.0. The van der Waals surface area contributed by atoms with E-state index in [1.807, 2.05) is 30.3 Å². The van der Waals surface area contributed by atoms with Gasteiger partial charge >= 0.3 is 11.9 Å². The zero-order valence-electron chi connectivity index (χ0n) is 12.3. The van der Waals surface area contributed by atoms with Gasteiger partial charge in [-0.05, 0) is 24.3 Å². The highest BCUT2D eigenvalue weighted by atomic mass is 16.5. The Morgan fingerprint density at radius 1 is 0.955 bits per heavy atom. The first kappa shape index (κ1) is 15.4. The zero-order chi connectivity index (χ0) is 15.9. The first-order valence-corrected chi connectivity index (χ1v) is 6.55. The van der Waals surface area contributed by atoms with E-state index < -0.39 is 11.9 Å². The van der Waals surface area contributed by atoms with E-state index in [-0.39, 0.29) is 11.1 Å². The summed E-state index contributed by atoms with van der Waals surface area (Å²) in [7, 11) is 2.57. The van der Waals surface area contributed by atoms with Crippen molar-refractivity contribution in [3.63, 3.8) is 0 Å². The molecule has 0 aliphatic carbocycles. The van der Waals surface area contributed by atoms with Crippen LogP contribution < -0.4 is 0 Å². The molecule has 0 saturated carbocycles. The number of hydrogen-bond acceptors (Lipinski definition) is 5. The molecule has 0 aliphatic rings. The molecule has 22 heavy (non-hydrogen) atoms. The maximum atomic E-state index is 11.9. The third-order valence-corrected chi connectivity index (χ3v) is 2.99. The summed E-state index contributed by atoms with van der Waals surface area (Å²) in [5, 5.41) is 0. The largest absolute Gasteiger partial charge is 0.465 e. The highest BCUT2D eigenvalue weighted by Gasteiger charge is 2.15. The number of aliphatic imine (C=N–C) groups is 1. The molecule has 0 radical (unpaired) electrons. The molecule has 0 heterocycles. The minimum absolute atomic E-state index is 0.255. The van der Waals surface area contributed by atoms with Gasteiger partial charge < -0.3 is 9.47 Å². The normalized spacial score (nSPS) is 10.5. The van der Waals surface area contributed by atoms with Crippen molar-refractivity contribution < 1.29 is 19.1 Å². The first-order chi connectivity index (χ1) is 10.7. The molecule has 0 aliphatic heterocycles. The van der Waals surface area contributed by atoms with Gasteiger partial charge in [0.15, 0.2) is 0 Å². The molecule has 0 unspecified atom stereocenters. The molecule has 2 aromatic carbocycles. The highest BCUT2D eigenvalue weighted by Crippen LogP contribution is 2.15. The van der Waals surface area contributed by atoms with E-state index in [0.717, 1.165) is 5.69 Å². The molecule has 2 rings (SSSR count). The third-order valence-electron chi connectivity index (χ3n) is 2.99. The summed E-state index contributed by atoms with van der Waals surface area (Å²) < 4.78 is 9.39. The summed E-state index contributed by atoms with van der Waals surface area (Å²) in [6.07, 6.45) is 1.56. The maximum Gasteiger partial charge on any atom is 0.338 e. The Morgan fingerprint density at radius 3 is 2.27 bits per heavy atom. The molecule has 0 amide bonds. The zero-order valence-corrected chi connectivity index (χ0v) is 12.3. The predicted molar refractivity (Wildman–Crippen MR) is 82.8 cm³/mol. The number of rotatable bonds is 4. The molecule has 112 valence electrons. The Balaban J connectivity index is 2.40. The quantitative estimate of drug-likeness (QED) is 0.642. The van der Waals surface area contributed by atoms with Gasteiger partial charge in [0.2, 0.25) is 0 Å². The SMILES string of the molecule is COC(=O)c1ccc(C=Nc2ccccc2)c(C(=O)OC)c1. The van der Waals surface area contributed by atoms with Crippen LogP contribution in [-0.2, 0) is 9.47 Å². The van der Waals surface area contributed by atoms with Crippen LogP contribution in [0.2, 0.25) is 0 Å². The Kier molecular flexibility index (Phi) is 5.03. The van der Waals surface area contributed by atoms with E-state index in [1.165, 1.54) is 20.3 Å². The summed E-state index contributed by atoms with van der Waals surface area (Å²) in [4.78, 5) is 27.7. The van der Waals surface area contributed by atoms with Crippen LogP contribution in [0.15, 0.2) is 53.5 Å². The van der Waals surface area contributed by atoms with Gasteiger partial charge in [0, 0.05) is 11.8 Å². The summed E-state index contributed by atoms with van der Waals surface area (Å²) in [5.74, 6) is -1.06. The fourth-order valence-corrected chi connectivity index (χ4v) is 1.86. The number of carbonyl (C=O) groups is 2. The molecular weight excluding hydrogens is 282 g/mol. The molecule has 0 aromatic heterocycles. The average Bonchev–Trinajstić information content (AvgIpc) is 2.59. The molecule has 5 nitrogen and oxygen atoms in total. The number of carbonyl (C=O) groups excluding carboxylic acids is 2. The van der Waals surface area contributed by atoms with Gasteiger partial charge in [0.25, 0.3) is 0 Å². The number of methoxy groups -OCH3 is 2. The van der Waals surface area contributed by atoms with E-state index in [4.69, 9.17) is 4.74 Å². The number of nitrogens with zero attached hydrogens (tertiary/aromatic N) is 1. The van der Waals surface area contributed by atoms with Crippen molar-refractivity contribution in [2.75, 3.05) is 14.2 Å². The van der Waals surface area contributed by atoms with Crippen LogP contribution in [0.5, 0.6) is 0 Å². The van der Waals surface area contributed by atoms with E-state index >= 15 is 0 Å². The average molecular weight is 297 g/mol. The minimum Gasteiger partial charge on any atom is -0.465 e. The van der Waals surface area contributed by atoms with E-state index in [9.17, 15) is 9.59 Å². The Hall–Kier alpha value is -2.95. The van der Waals surface area contributed by atoms with Crippen molar-refractivity contribution in [3.05, 3.63) is 65.2 Å². The fourth-order valence-electron chi connectivity index (χ4n) is 1.86. The molecule has 0 spiro atoms. The van der Waals surface area contributed by atoms with Crippen LogP contribution >= 0.6 is 0 Å². The lowest BCUT2D eigenvalue weighted by Crippen LogP contribution is -2.09. The van der Waals surface area contributed by atoms with E-state index in [2.05, 4.69) is 9.73 Å². The molecule has 2 aromatic rings. The topological polar surface area (TPSA) is 65.0 Å². The second kappa shape index (κ2) is 7.17. The monoisotopic (exact) mass is 297 g/mol. The Morgan fingerprint density at radius 2 is 1.64 bits per heavy atom. The van der Waals surface area contributed by atoms with Crippen LogP contribution in [-0.4, -0.2) is 32.4 Å². The number of ether oxygens (including phenoxy) is 2. The Bertz CT molecular complexity index is 708. The lowest BCUT2D eigenvalue weighted by Gasteiger charge is -2.06. The van der Waals surface area contributed by atoms with Gasteiger partial charge in [-0.1, -0.05) is 24.3 Å². The number of esters is 2. The second-order valence-corrected chi connectivity index (χ2v) is 4.38. The van der Waals surface area contributed by atoms with Gasteiger partial charge in [-0.15, -0.1) is 0 Å². The van der Waals surface area contributed by atoms with Crippen molar-refractivity contribution in [2.24, 2.45) is 4.99 Å². The first-order valence-electron chi connectivity index (χ1n) is 6.55. The fraction of sp³-hybridized carbons (Fsp3) is 0.118. The minimum atomic E-state index is -0.541. The van der Waals surface area contributed by atoms with Crippen molar-refractivity contribution in [1.29, 1.82) is 0 Å². The molecule has 0 saturated heterocycles. The molecule has 0 atom stereocenters. The lowest BCUT2D eigenvalue weighted by atomic mass is 10.0. The number of para-hydroxylation sites is 1. The van der Waals surface area contributed by atoms with Crippen LogP contribution in [0.25, 0.3) is 0 Å². The van der Waals surface area contributed by atoms with Gasteiger partial charge in [0.1, 0.15) is 0 Å². The van der Waals surface area contributed by atoms with Crippen molar-refractivity contribution >= 4 is 23.8 Å². The van der Waals surface area contributed by atoms with Crippen LogP contribution in [0.3, 0.4) is 0 Å². The summed E-state index contributed by atoms with van der Waals surface area (Å²) in [5.41, 5.74) is 1.85. The van der Waals surface area contributed by atoms with Crippen LogP contribution in [0.4, 0.5) is 5.69 Å². The van der Waals surface area contributed by atoms with Crippen molar-refractivity contribution in [3.8, 4) is 0 Å². The maximum absolute atomic E-state index is 11.9. The van der Waals surface area contributed by atoms with E-state index in [1.54, 1.807) is 18.3 Å². The summed E-state index contributed by atoms with van der Waals surface area (Å²) in [6.45, 7) is 0. The van der Waals surface area contributed by atoms with Gasteiger partial charge in [-0.25, -0.2) is 9.59 Å². The van der Waals surface area contributed by atoms with Gasteiger partial charge in [-0.2, -0.15) is 0 Å².